The molecule has 0 aromatic heterocycles. The summed E-state index contributed by atoms with van der Waals surface area (Å²) in [6, 6.07) is 19.3. The van der Waals surface area contributed by atoms with Gasteiger partial charge in [-0.1, -0.05) is 48.5 Å². The molecule has 3 aromatic carbocycles. The highest BCUT2D eigenvalue weighted by Crippen LogP contribution is 2.18. The third-order valence-corrected chi connectivity index (χ3v) is 6.49. The summed E-state index contributed by atoms with van der Waals surface area (Å²) < 4.78 is 27.2. The first-order valence-corrected chi connectivity index (χ1v) is 11.2. The zero-order valence-corrected chi connectivity index (χ0v) is 17.6. The van der Waals surface area contributed by atoms with Gasteiger partial charge in [0.15, 0.2) is 0 Å². The van der Waals surface area contributed by atoms with E-state index in [2.05, 4.69) is 34.3 Å². The largest absolute Gasteiger partial charge is 0.356 e. The summed E-state index contributed by atoms with van der Waals surface area (Å²) in [6.07, 6.45) is 0.821. The van der Waals surface area contributed by atoms with E-state index in [1.807, 2.05) is 32.0 Å². The number of hydrogen-bond donors (Lipinski definition) is 2. The monoisotopic (exact) mass is 410 g/mol. The van der Waals surface area contributed by atoms with Gasteiger partial charge in [0.05, 0.1) is 4.90 Å². The predicted octanol–water partition coefficient (Wildman–Crippen LogP) is 3.48. The minimum Gasteiger partial charge on any atom is -0.356 e. The Morgan fingerprint density at radius 3 is 2.45 bits per heavy atom. The van der Waals surface area contributed by atoms with Crippen LogP contribution in [0, 0.1) is 13.8 Å². The molecule has 0 unspecified atom stereocenters. The van der Waals surface area contributed by atoms with Crippen molar-refractivity contribution < 1.29 is 13.2 Å². The van der Waals surface area contributed by atoms with E-state index in [4.69, 9.17) is 0 Å². The highest BCUT2D eigenvalue weighted by Gasteiger charge is 2.14. The molecule has 0 aliphatic carbocycles. The Bertz CT molecular complexity index is 1120. The number of sulfonamides is 1. The number of aryl methyl sites for hydroxylation is 2. The Kier molecular flexibility index (Phi) is 6.67. The molecular formula is C23H26N2O3S. The molecule has 0 fully saturated rings. The second kappa shape index (κ2) is 9.20. The van der Waals surface area contributed by atoms with Crippen LogP contribution in [0.2, 0.25) is 0 Å². The molecule has 0 aliphatic heterocycles. The summed E-state index contributed by atoms with van der Waals surface area (Å²) in [5.41, 5.74) is 3.13. The molecule has 0 spiro atoms. The van der Waals surface area contributed by atoms with Crippen molar-refractivity contribution in [3.8, 4) is 0 Å². The summed E-state index contributed by atoms with van der Waals surface area (Å²) in [5.74, 6) is -0.173. The molecular weight excluding hydrogens is 384 g/mol. The van der Waals surface area contributed by atoms with E-state index in [9.17, 15) is 13.2 Å². The molecule has 0 heterocycles. The first-order valence-electron chi connectivity index (χ1n) is 9.67. The highest BCUT2D eigenvalue weighted by atomic mass is 32.2. The number of rotatable bonds is 8. The van der Waals surface area contributed by atoms with E-state index in [-0.39, 0.29) is 23.8 Å². The van der Waals surface area contributed by atoms with Crippen LogP contribution in [-0.4, -0.2) is 27.4 Å². The molecule has 29 heavy (non-hydrogen) atoms. The zero-order chi connectivity index (χ0) is 20.9. The van der Waals surface area contributed by atoms with Crippen LogP contribution >= 0.6 is 0 Å². The van der Waals surface area contributed by atoms with Crippen molar-refractivity contribution >= 4 is 26.7 Å². The average Bonchev–Trinajstić information content (AvgIpc) is 2.70. The van der Waals surface area contributed by atoms with E-state index < -0.39 is 10.0 Å². The smallest absolute Gasteiger partial charge is 0.240 e. The molecule has 0 atom stereocenters. The summed E-state index contributed by atoms with van der Waals surface area (Å²) in [7, 11) is -3.61. The van der Waals surface area contributed by atoms with Gasteiger partial charge in [-0.3, -0.25) is 4.79 Å². The van der Waals surface area contributed by atoms with Crippen LogP contribution in [0.3, 0.4) is 0 Å². The zero-order valence-electron chi connectivity index (χ0n) is 16.7. The lowest BCUT2D eigenvalue weighted by molar-refractivity contribution is -0.120. The Hall–Kier alpha value is -2.70. The molecule has 1 amide bonds. The Morgan fingerprint density at radius 1 is 0.897 bits per heavy atom. The van der Waals surface area contributed by atoms with Gasteiger partial charge in [0.2, 0.25) is 15.9 Å². The Balaban J connectivity index is 1.47. The average molecular weight is 411 g/mol. The third kappa shape index (κ3) is 5.43. The van der Waals surface area contributed by atoms with E-state index in [0.717, 1.165) is 17.5 Å². The van der Waals surface area contributed by atoms with Crippen LogP contribution in [0.5, 0.6) is 0 Å². The van der Waals surface area contributed by atoms with Crippen LogP contribution in [0.25, 0.3) is 10.8 Å². The van der Waals surface area contributed by atoms with Crippen LogP contribution in [-0.2, 0) is 21.2 Å². The maximum atomic E-state index is 12.4. The number of nitrogens with one attached hydrogen (secondary N) is 2. The third-order valence-electron chi connectivity index (χ3n) is 5.03. The van der Waals surface area contributed by atoms with Crippen molar-refractivity contribution in [3.05, 3.63) is 77.4 Å². The van der Waals surface area contributed by atoms with Gasteiger partial charge in [-0.2, -0.15) is 0 Å². The Labute approximate surface area is 172 Å². The van der Waals surface area contributed by atoms with E-state index in [0.29, 0.717) is 6.54 Å². The second-order valence-corrected chi connectivity index (χ2v) is 8.90. The number of carbonyl (C=O) groups is 1. The molecule has 152 valence electrons. The van der Waals surface area contributed by atoms with Gasteiger partial charge < -0.3 is 5.32 Å². The van der Waals surface area contributed by atoms with Gasteiger partial charge in [-0.05, 0) is 59.9 Å². The van der Waals surface area contributed by atoms with Crippen LogP contribution in [0.4, 0.5) is 0 Å². The predicted molar refractivity (Wildman–Crippen MR) is 116 cm³/mol. The van der Waals surface area contributed by atoms with Gasteiger partial charge in [-0.15, -0.1) is 0 Å². The topological polar surface area (TPSA) is 75.3 Å². The normalized spacial score (nSPS) is 11.5. The molecule has 6 heteroatoms. The number of benzene rings is 3. The minimum atomic E-state index is -3.61. The molecule has 3 rings (SSSR count). The highest BCUT2D eigenvalue weighted by molar-refractivity contribution is 7.89. The maximum absolute atomic E-state index is 12.4. The molecule has 5 nitrogen and oxygen atoms in total. The van der Waals surface area contributed by atoms with Crippen molar-refractivity contribution in [3.63, 3.8) is 0 Å². The van der Waals surface area contributed by atoms with Gasteiger partial charge in [0.25, 0.3) is 0 Å². The van der Waals surface area contributed by atoms with Gasteiger partial charge in [-0.25, -0.2) is 13.1 Å². The molecule has 2 N–H and O–H groups in total. The molecule has 0 saturated heterocycles. The number of carbonyl (C=O) groups excluding carboxylic acids is 1. The standard InChI is InChI=1S/C23H26N2O3S/c1-17-10-11-21(16-18(17)2)29(27,28)25-15-13-23(26)24-14-12-20-8-5-7-19-6-3-4-9-22(19)20/h3-11,16,25H,12-15H2,1-2H3,(H,24,26). The minimum absolute atomic E-state index is 0.0648. The van der Waals surface area contributed by atoms with Gasteiger partial charge in [0.1, 0.15) is 0 Å². The lowest BCUT2D eigenvalue weighted by Crippen LogP contribution is -2.31. The number of amides is 1. The fourth-order valence-corrected chi connectivity index (χ4v) is 4.32. The lowest BCUT2D eigenvalue weighted by atomic mass is 10.0. The SMILES string of the molecule is Cc1ccc(S(=O)(=O)NCCC(=O)NCCc2cccc3ccccc23)cc1C. The van der Waals surface area contributed by atoms with E-state index in [1.54, 1.807) is 18.2 Å². The van der Waals surface area contributed by atoms with Gasteiger partial charge >= 0.3 is 0 Å². The maximum Gasteiger partial charge on any atom is 0.240 e. The molecule has 0 aliphatic rings. The lowest BCUT2D eigenvalue weighted by Gasteiger charge is -2.10. The van der Waals surface area contributed by atoms with E-state index in [1.165, 1.54) is 16.3 Å². The first-order chi connectivity index (χ1) is 13.9. The van der Waals surface area contributed by atoms with Gasteiger partial charge in [0, 0.05) is 19.5 Å². The first kappa shape index (κ1) is 21.0. The summed E-state index contributed by atoms with van der Waals surface area (Å²) in [5, 5.41) is 5.23. The fraction of sp³-hybridized carbons (Fsp3) is 0.261. The van der Waals surface area contributed by atoms with Crippen molar-refractivity contribution in [1.82, 2.24) is 10.0 Å². The van der Waals surface area contributed by atoms with Crippen LogP contribution in [0.15, 0.2) is 65.6 Å². The van der Waals surface area contributed by atoms with Crippen molar-refractivity contribution in [2.75, 3.05) is 13.1 Å². The summed E-state index contributed by atoms with van der Waals surface area (Å²) in [4.78, 5) is 12.3. The number of fused-ring (bicyclic) bond motifs is 1. The summed E-state index contributed by atoms with van der Waals surface area (Å²) >= 11 is 0. The van der Waals surface area contributed by atoms with E-state index >= 15 is 0 Å². The van der Waals surface area contributed by atoms with Crippen molar-refractivity contribution in [2.45, 2.75) is 31.6 Å². The Morgan fingerprint density at radius 2 is 1.66 bits per heavy atom. The molecule has 0 saturated carbocycles. The van der Waals surface area contributed by atoms with Crippen LogP contribution in [0.1, 0.15) is 23.1 Å². The summed E-state index contributed by atoms with van der Waals surface area (Å²) in [6.45, 7) is 4.38. The molecule has 0 bridgehead atoms. The number of hydrogen-bond acceptors (Lipinski definition) is 3. The molecule has 0 radical (unpaired) electrons. The molecule has 3 aromatic rings. The van der Waals surface area contributed by atoms with Crippen molar-refractivity contribution in [1.29, 1.82) is 0 Å². The quantitative estimate of drug-likeness (QED) is 0.597. The van der Waals surface area contributed by atoms with Crippen LogP contribution < -0.4 is 10.0 Å². The second-order valence-electron chi connectivity index (χ2n) is 7.13. The van der Waals surface area contributed by atoms with Crippen molar-refractivity contribution in [2.24, 2.45) is 0 Å². The fourth-order valence-electron chi connectivity index (χ4n) is 3.20.